The van der Waals surface area contributed by atoms with E-state index in [9.17, 15) is 9.59 Å². The standard InChI is InChI=1S/C8H5Cl2N3O2/c9-3-1-4(10)6-5(2-3)13(11)8(15)7(14)12-6/h1-2H,11H2,(H,12,14). The molecule has 0 bridgehead atoms. The molecular weight excluding hydrogens is 241 g/mol. The van der Waals surface area contributed by atoms with Crippen LogP contribution in [0.3, 0.4) is 0 Å². The molecular formula is C8H5Cl2N3O2. The van der Waals surface area contributed by atoms with E-state index in [0.29, 0.717) is 9.70 Å². The van der Waals surface area contributed by atoms with E-state index in [1.54, 1.807) is 0 Å². The predicted molar refractivity (Wildman–Crippen MR) is 59.0 cm³/mol. The number of aromatic amines is 1. The number of hydrogen-bond donors (Lipinski definition) is 2. The first-order valence-corrected chi connectivity index (χ1v) is 4.65. The molecule has 3 N–H and O–H groups in total. The van der Waals surface area contributed by atoms with Gasteiger partial charge in [0.15, 0.2) is 0 Å². The summed E-state index contributed by atoms with van der Waals surface area (Å²) in [6.45, 7) is 0. The summed E-state index contributed by atoms with van der Waals surface area (Å²) in [5, 5.41) is 0.562. The van der Waals surface area contributed by atoms with Crippen molar-refractivity contribution in [3.63, 3.8) is 0 Å². The van der Waals surface area contributed by atoms with Gasteiger partial charge in [0.1, 0.15) is 0 Å². The molecule has 2 aromatic rings. The Morgan fingerprint density at radius 1 is 1.27 bits per heavy atom. The zero-order chi connectivity index (χ0) is 11.2. The molecule has 2 rings (SSSR count). The first kappa shape index (κ1) is 10.1. The molecule has 15 heavy (non-hydrogen) atoms. The van der Waals surface area contributed by atoms with Crippen LogP contribution in [-0.2, 0) is 0 Å². The summed E-state index contributed by atoms with van der Waals surface area (Å²) in [5.41, 5.74) is -1.12. The highest BCUT2D eigenvalue weighted by molar-refractivity contribution is 6.38. The lowest BCUT2D eigenvalue weighted by Gasteiger charge is -2.05. The fraction of sp³-hybridized carbons (Fsp3) is 0. The summed E-state index contributed by atoms with van der Waals surface area (Å²) in [7, 11) is 0. The van der Waals surface area contributed by atoms with Crippen molar-refractivity contribution in [2.75, 3.05) is 5.84 Å². The van der Waals surface area contributed by atoms with Crippen LogP contribution >= 0.6 is 23.2 Å². The minimum absolute atomic E-state index is 0.230. The normalized spacial score (nSPS) is 10.8. The van der Waals surface area contributed by atoms with Crippen LogP contribution in [0.2, 0.25) is 10.0 Å². The average molecular weight is 246 g/mol. The number of nitrogens with two attached hydrogens (primary N) is 1. The molecule has 0 aliphatic rings. The van der Waals surface area contributed by atoms with Crippen LogP contribution < -0.4 is 17.0 Å². The maximum Gasteiger partial charge on any atom is 0.334 e. The molecule has 0 fully saturated rings. The van der Waals surface area contributed by atoms with Gasteiger partial charge in [0.2, 0.25) is 0 Å². The van der Waals surface area contributed by atoms with E-state index in [1.165, 1.54) is 12.1 Å². The second kappa shape index (κ2) is 3.29. The van der Waals surface area contributed by atoms with Gasteiger partial charge in [0, 0.05) is 5.02 Å². The molecule has 0 saturated heterocycles. The van der Waals surface area contributed by atoms with Crippen LogP contribution in [-0.4, -0.2) is 9.66 Å². The number of nitrogens with zero attached hydrogens (tertiary/aromatic N) is 1. The molecule has 0 saturated carbocycles. The summed E-state index contributed by atoms with van der Waals surface area (Å²) < 4.78 is 0.714. The maximum absolute atomic E-state index is 11.2. The minimum Gasteiger partial charge on any atom is -0.336 e. The number of rotatable bonds is 0. The lowest BCUT2D eigenvalue weighted by atomic mass is 10.3. The van der Waals surface area contributed by atoms with Gasteiger partial charge in [0.25, 0.3) is 0 Å². The van der Waals surface area contributed by atoms with E-state index in [1.807, 2.05) is 0 Å². The molecule has 1 heterocycles. The highest BCUT2D eigenvalue weighted by atomic mass is 35.5. The monoisotopic (exact) mass is 245 g/mol. The lowest BCUT2D eigenvalue weighted by molar-refractivity contribution is 0.942. The molecule has 0 spiro atoms. The Labute approximate surface area is 93.0 Å². The Balaban J connectivity index is 3.12. The molecule has 1 aromatic carbocycles. The zero-order valence-electron chi connectivity index (χ0n) is 7.25. The Bertz CT molecular complexity index is 659. The highest BCUT2D eigenvalue weighted by Gasteiger charge is 2.08. The predicted octanol–water partition coefficient (Wildman–Crippen LogP) is 0.710. The van der Waals surface area contributed by atoms with Gasteiger partial charge in [0.05, 0.1) is 16.1 Å². The van der Waals surface area contributed by atoms with Gasteiger partial charge in [-0.2, -0.15) is 0 Å². The SMILES string of the molecule is Nn1c(=O)c(=O)[nH]c2c(Cl)cc(Cl)cc21. The van der Waals surface area contributed by atoms with Gasteiger partial charge >= 0.3 is 11.1 Å². The second-order valence-corrected chi connectivity index (χ2v) is 3.75. The number of nitrogen functional groups attached to an aromatic ring is 1. The topological polar surface area (TPSA) is 80.9 Å². The lowest BCUT2D eigenvalue weighted by Crippen LogP contribution is -2.40. The number of benzene rings is 1. The molecule has 0 unspecified atom stereocenters. The van der Waals surface area contributed by atoms with Crippen molar-refractivity contribution in [1.82, 2.24) is 9.66 Å². The number of hydrogen-bond acceptors (Lipinski definition) is 3. The maximum atomic E-state index is 11.2. The third-order valence-electron chi connectivity index (χ3n) is 1.95. The summed E-state index contributed by atoms with van der Waals surface area (Å²) in [6, 6.07) is 2.89. The van der Waals surface area contributed by atoms with Gasteiger partial charge in [-0.25, -0.2) is 4.68 Å². The first-order chi connectivity index (χ1) is 7.00. The molecule has 0 atom stereocenters. The van der Waals surface area contributed by atoms with Crippen molar-refractivity contribution >= 4 is 34.2 Å². The van der Waals surface area contributed by atoms with Gasteiger partial charge < -0.3 is 10.8 Å². The van der Waals surface area contributed by atoms with Crippen molar-refractivity contribution in [2.45, 2.75) is 0 Å². The summed E-state index contributed by atoms with van der Waals surface area (Å²) in [6.07, 6.45) is 0. The van der Waals surface area contributed by atoms with Crippen LogP contribution in [0.4, 0.5) is 0 Å². The van der Waals surface area contributed by atoms with Crippen molar-refractivity contribution in [3.8, 4) is 0 Å². The number of aromatic nitrogens is 2. The molecule has 0 radical (unpaired) electrons. The van der Waals surface area contributed by atoms with Gasteiger partial charge in [-0.1, -0.05) is 23.2 Å². The Morgan fingerprint density at radius 3 is 2.60 bits per heavy atom. The highest BCUT2D eigenvalue weighted by Crippen LogP contribution is 2.23. The Morgan fingerprint density at radius 2 is 1.93 bits per heavy atom. The average Bonchev–Trinajstić information content (AvgIpc) is 2.17. The van der Waals surface area contributed by atoms with E-state index in [4.69, 9.17) is 29.0 Å². The third-order valence-corrected chi connectivity index (χ3v) is 2.46. The van der Waals surface area contributed by atoms with E-state index in [0.717, 1.165) is 0 Å². The molecule has 5 nitrogen and oxygen atoms in total. The Kier molecular flexibility index (Phi) is 2.21. The Hall–Kier alpha value is -1.46. The van der Waals surface area contributed by atoms with Crippen molar-refractivity contribution in [2.24, 2.45) is 0 Å². The second-order valence-electron chi connectivity index (χ2n) is 2.91. The van der Waals surface area contributed by atoms with E-state index >= 15 is 0 Å². The van der Waals surface area contributed by atoms with Gasteiger partial charge in [-0.15, -0.1) is 0 Å². The number of nitrogens with one attached hydrogen (secondary N) is 1. The number of H-pyrrole nitrogens is 1. The van der Waals surface area contributed by atoms with Crippen LogP contribution in [0.1, 0.15) is 0 Å². The van der Waals surface area contributed by atoms with E-state index in [2.05, 4.69) is 4.98 Å². The number of fused-ring (bicyclic) bond motifs is 1. The summed E-state index contributed by atoms with van der Waals surface area (Å²) in [5.74, 6) is 5.42. The van der Waals surface area contributed by atoms with E-state index < -0.39 is 11.1 Å². The largest absolute Gasteiger partial charge is 0.336 e. The number of halogens is 2. The fourth-order valence-electron chi connectivity index (χ4n) is 1.26. The van der Waals surface area contributed by atoms with Crippen LogP contribution in [0, 0.1) is 0 Å². The van der Waals surface area contributed by atoms with Gasteiger partial charge in [-0.3, -0.25) is 9.59 Å². The molecule has 0 aliphatic carbocycles. The molecule has 0 amide bonds. The van der Waals surface area contributed by atoms with Crippen LogP contribution in [0.5, 0.6) is 0 Å². The fourth-order valence-corrected chi connectivity index (χ4v) is 1.79. The molecule has 1 aromatic heterocycles. The van der Waals surface area contributed by atoms with Crippen LogP contribution in [0.25, 0.3) is 11.0 Å². The first-order valence-electron chi connectivity index (χ1n) is 3.90. The van der Waals surface area contributed by atoms with Crippen molar-refractivity contribution in [1.29, 1.82) is 0 Å². The third kappa shape index (κ3) is 1.49. The van der Waals surface area contributed by atoms with Crippen molar-refractivity contribution in [3.05, 3.63) is 42.9 Å². The summed E-state index contributed by atoms with van der Waals surface area (Å²) >= 11 is 11.6. The molecule has 7 heteroatoms. The molecule has 0 aliphatic heterocycles. The van der Waals surface area contributed by atoms with Gasteiger partial charge in [-0.05, 0) is 12.1 Å². The van der Waals surface area contributed by atoms with E-state index in [-0.39, 0.29) is 16.1 Å². The van der Waals surface area contributed by atoms with Crippen molar-refractivity contribution < 1.29 is 0 Å². The zero-order valence-corrected chi connectivity index (χ0v) is 8.76. The smallest absolute Gasteiger partial charge is 0.334 e. The van der Waals surface area contributed by atoms with Crippen LogP contribution in [0.15, 0.2) is 21.7 Å². The summed E-state index contributed by atoms with van der Waals surface area (Å²) in [4.78, 5) is 24.7. The molecule has 78 valence electrons. The minimum atomic E-state index is -0.860. The quantitative estimate of drug-likeness (QED) is 0.530.